The maximum Gasteiger partial charge on any atom is 0.163 e. The Balaban J connectivity index is 1.83. The van der Waals surface area contributed by atoms with Crippen LogP contribution in [0.5, 0.6) is 0 Å². The van der Waals surface area contributed by atoms with Gasteiger partial charge in [0.2, 0.25) is 0 Å². The zero-order chi connectivity index (χ0) is 20.1. The van der Waals surface area contributed by atoms with Crippen LogP contribution >= 0.6 is 0 Å². The number of anilines is 2. The van der Waals surface area contributed by atoms with Crippen molar-refractivity contribution < 1.29 is 4.79 Å². The third kappa shape index (κ3) is 3.46. The predicted molar refractivity (Wildman–Crippen MR) is 117 cm³/mol. The van der Waals surface area contributed by atoms with Crippen molar-refractivity contribution in [2.45, 2.75) is 58.9 Å². The van der Waals surface area contributed by atoms with Gasteiger partial charge in [-0.3, -0.25) is 4.79 Å². The number of hydrogen-bond donors (Lipinski definition) is 2. The van der Waals surface area contributed by atoms with Crippen LogP contribution in [0.25, 0.3) is 0 Å². The summed E-state index contributed by atoms with van der Waals surface area (Å²) in [6.07, 6.45) is 1.46. The van der Waals surface area contributed by atoms with Crippen LogP contribution in [0.1, 0.15) is 64.6 Å². The van der Waals surface area contributed by atoms with E-state index < -0.39 is 0 Å². The van der Waals surface area contributed by atoms with Crippen molar-refractivity contribution in [2.24, 2.45) is 5.41 Å². The zero-order valence-corrected chi connectivity index (χ0v) is 17.5. The Morgan fingerprint density at radius 3 is 2.21 bits per heavy atom. The van der Waals surface area contributed by atoms with Gasteiger partial charge in [0.1, 0.15) is 0 Å². The average molecular weight is 375 g/mol. The molecule has 0 fully saturated rings. The second-order valence-electron chi connectivity index (χ2n) is 9.95. The molecule has 0 bridgehead atoms. The molecule has 4 rings (SSSR count). The molecule has 0 saturated carbocycles. The van der Waals surface area contributed by atoms with E-state index in [1.165, 1.54) is 5.56 Å². The lowest BCUT2D eigenvalue weighted by Gasteiger charge is -2.34. The third-order valence-electron chi connectivity index (χ3n) is 5.83. The molecular weight excluding hydrogens is 344 g/mol. The lowest BCUT2D eigenvalue weighted by atomic mass is 9.73. The fourth-order valence-corrected chi connectivity index (χ4v) is 4.31. The molecule has 1 aliphatic carbocycles. The molecule has 2 aromatic rings. The van der Waals surface area contributed by atoms with Crippen molar-refractivity contribution >= 4 is 17.2 Å². The van der Waals surface area contributed by atoms with Crippen LogP contribution in [0.15, 0.2) is 59.8 Å². The summed E-state index contributed by atoms with van der Waals surface area (Å²) in [6.45, 7) is 11.0. The molecule has 146 valence electrons. The van der Waals surface area contributed by atoms with Crippen LogP contribution in [0, 0.1) is 5.41 Å². The van der Waals surface area contributed by atoms with E-state index in [4.69, 9.17) is 0 Å². The van der Waals surface area contributed by atoms with Crippen LogP contribution in [0.2, 0.25) is 0 Å². The zero-order valence-electron chi connectivity index (χ0n) is 17.5. The molecule has 0 aromatic heterocycles. The monoisotopic (exact) mass is 374 g/mol. The first kappa shape index (κ1) is 18.8. The smallest absolute Gasteiger partial charge is 0.163 e. The van der Waals surface area contributed by atoms with Gasteiger partial charge >= 0.3 is 0 Å². The standard InChI is InChI=1S/C25H30N2O/c1-24(2,3)17-12-10-16(11-13-17)23-22-20(14-25(4,5)15-21(22)28)26-18-8-6-7-9-19(18)27-23/h6-13,23,26-27H,14-15H2,1-5H3/t23-/m1/s1. The highest BCUT2D eigenvalue weighted by Crippen LogP contribution is 2.45. The van der Waals surface area contributed by atoms with Gasteiger partial charge in [0, 0.05) is 17.7 Å². The second kappa shape index (κ2) is 6.51. The number of rotatable bonds is 1. The minimum Gasteiger partial charge on any atom is -0.372 e. The molecule has 2 N–H and O–H groups in total. The van der Waals surface area contributed by atoms with Gasteiger partial charge in [-0.05, 0) is 40.5 Å². The van der Waals surface area contributed by atoms with Gasteiger partial charge in [0.25, 0.3) is 0 Å². The van der Waals surface area contributed by atoms with Gasteiger partial charge in [-0.2, -0.15) is 0 Å². The fraction of sp³-hybridized carbons (Fsp3) is 0.400. The summed E-state index contributed by atoms with van der Waals surface area (Å²) in [4.78, 5) is 13.2. The molecule has 28 heavy (non-hydrogen) atoms. The normalized spacial score (nSPS) is 21.2. The summed E-state index contributed by atoms with van der Waals surface area (Å²) in [5, 5.41) is 7.23. The molecular formula is C25H30N2O. The highest BCUT2D eigenvalue weighted by Gasteiger charge is 2.38. The maximum absolute atomic E-state index is 13.2. The Morgan fingerprint density at radius 1 is 0.929 bits per heavy atom. The first-order valence-corrected chi connectivity index (χ1v) is 10.1. The number of allylic oxidation sites excluding steroid dienone is 1. The molecule has 3 nitrogen and oxygen atoms in total. The summed E-state index contributed by atoms with van der Waals surface area (Å²) in [6, 6.07) is 16.8. The van der Waals surface area contributed by atoms with Crippen LogP contribution in [-0.2, 0) is 10.2 Å². The number of benzene rings is 2. The number of hydrogen-bond acceptors (Lipinski definition) is 3. The Morgan fingerprint density at radius 2 is 1.57 bits per heavy atom. The largest absolute Gasteiger partial charge is 0.372 e. The Labute approximate surface area is 168 Å². The molecule has 0 spiro atoms. The third-order valence-corrected chi connectivity index (χ3v) is 5.83. The van der Waals surface area contributed by atoms with Crippen LogP contribution < -0.4 is 10.6 Å². The Hall–Kier alpha value is -2.55. The topological polar surface area (TPSA) is 41.1 Å². The first-order chi connectivity index (χ1) is 13.1. The van der Waals surface area contributed by atoms with Gasteiger partial charge in [-0.15, -0.1) is 0 Å². The Kier molecular flexibility index (Phi) is 4.37. The number of para-hydroxylation sites is 2. The number of ketones is 1. The maximum atomic E-state index is 13.2. The van der Waals surface area contributed by atoms with Crippen molar-refractivity contribution in [3.8, 4) is 0 Å². The lowest BCUT2D eigenvalue weighted by Crippen LogP contribution is -2.31. The highest BCUT2D eigenvalue weighted by atomic mass is 16.1. The molecule has 3 heteroatoms. The molecule has 0 saturated heterocycles. The van der Waals surface area contributed by atoms with Crippen LogP contribution in [0.3, 0.4) is 0 Å². The summed E-state index contributed by atoms with van der Waals surface area (Å²) >= 11 is 0. The molecule has 2 aromatic carbocycles. The summed E-state index contributed by atoms with van der Waals surface area (Å²) in [7, 11) is 0. The van der Waals surface area contributed by atoms with Gasteiger partial charge in [0.15, 0.2) is 5.78 Å². The van der Waals surface area contributed by atoms with Crippen molar-refractivity contribution in [3.63, 3.8) is 0 Å². The van der Waals surface area contributed by atoms with E-state index in [1.54, 1.807) is 0 Å². The Bertz CT molecular complexity index is 945. The van der Waals surface area contributed by atoms with E-state index in [1.807, 2.05) is 12.1 Å². The van der Waals surface area contributed by atoms with Gasteiger partial charge in [0.05, 0.1) is 17.4 Å². The number of nitrogens with one attached hydrogen (secondary N) is 2. The van der Waals surface area contributed by atoms with Crippen molar-refractivity contribution in [1.82, 2.24) is 0 Å². The summed E-state index contributed by atoms with van der Waals surface area (Å²) in [5.74, 6) is 0.240. The van der Waals surface area contributed by atoms with Crippen molar-refractivity contribution in [2.75, 3.05) is 10.6 Å². The minimum absolute atomic E-state index is 0.0250. The highest BCUT2D eigenvalue weighted by molar-refractivity contribution is 6.01. The molecule has 1 aliphatic heterocycles. The van der Waals surface area contributed by atoms with E-state index in [0.717, 1.165) is 34.6 Å². The lowest BCUT2D eigenvalue weighted by molar-refractivity contribution is -0.118. The van der Waals surface area contributed by atoms with Gasteiger partial charge < -0.3 is 10.6 Å². The van der Waals surface area contributed by atoms with Crippen LogP contribution in [0.4, 0.5) is 11.4 Å². The quantitative estimate of drug-likeness (QED) is 0.624. The SMILES string of the molecule is CC1(C)CC(=O)C2=C(C1)Nc1ccccc1N[C@@H]2c1ccc(C(C)(C)C)cc1. The fourth-order valence-electron chi connectivity index (χ4n) is 4.31. The number of Topliss-reactive ketones (excluding diaryl/α,β-unsaturated/α-hetero) is 1. The molecule has 1 heterocycles. The molecule has 0 radical (unpaired) electrons. The van der Waals surface area contributed by atoms with E-state index in [0.29, 0.717) is 6.42 Å². The van der Waals surface area contributed by atoms with E-state index in [2.05, 4.69) is 81.7 Å². The predicted octanol–water partition coefficient (Wildman–Crippen LogP) is 6.21. The summed E-state index contributed by atoms with van der Waals surface area (Å²) in [5.41, 5.74) is 6.53. The molecule has 0 unspecified atom stereocenters. The van der Waals surface area contributed by atoms with Gasteiger partial charge in [-0.1, -0.05) is 71.0 Å². The van der Waals surface area contributed by atoms with Crippen molar-refractivity contribution in [3.05, 3.63) is 70.9 Å². The second-order valence-corrected chi connectivity index (χ2v) is 9.95. The first-order valence-electron chi connectivity index (χ1n) is 10.1. The number of carbonyl (C=O) groups is 1. The molecule has 2 aliphatic rings. The molecule has 1 atom stereocenters. The summed E-state index contributed by atoms with van der Waals surface area (Å²) < 4.78 is 0. The van der Waals surface area contributed by atoms with Gasteiger partial charge in [-0.25, -0.2) is 0 Å². The molecule has 0 amide bonds. The number of fused-ring (bicyclic) bond motifs is 1. The number of carbonyl (C=O) groups excluding carboxylic acids is 1. The van der Waals surface area contributed by atoms with E-state index >= 15 is 0 Å². The van der Waals surface area contributed by atoms with E-state index in [9.17, 15) is 4.79 Å². The average Bonchev–Trinajstić information content (AvgIpc) is 2.76. The van der Waals surface area contributed by atoms with E-state index in [-0.39, 0.29) is 22.7 Å². The van der Waals surface area contributed by atoms with Crippen molar-refractivity contribution in [1.29, 1.82) is 0 Å². The van der Waals surface area contributed by atoms with Crippen LogP contribution in [-0.4, -0.2) is 5.78 Å². The minimum atomic E-state index is -0.135.